The third kappa shape index (κ3) is 4.11. The highest BCUT2D eigenvalue weighted by Crippen LogP contribution is 2.23. The van der Waals surface area contributed by atoms with Gasteiger partial charge in [-0.05, 0) is 37.0 Å². The summed E-state index contributed by atoms with van der Waals surface area (Å²) in [7, 11) is 0. The number of hydrogen-bond acceptors (Lipinski definition) is 3. The number of amides is 1. The molecule has 1 aliphatic rings. The van der Waals surface area contributed by atoms with Gasteiger partial charge in [0.15, 0.2) is 6.61 Å². The first kappa shape index (κ1) is 15.6. The van der Waals surface area contributed by atoms with E-state index in [-0.39, 0.29) is 23.8 Å². The van der Waals surface area contributed by atoms with Crippen LogP contribution >= 0.6 is 11.6 Å². The zero-order valence-electron chi connectivity index (χ0n) is 11.8. The lowest BCUT2D eigenvalue weighted by molar-refractivity contribution is -0.135. The molecule has 1 atom stereocenters. The van der Waals surface area contributed by atoms with Crippen molar-refractivity contribution in [3.8, 4) is 5.75 Å². The van der Waals surface area contributed by atoms with E-state index in [0.717, 1.165) is 25.9 Å². The first-order chi connectivity index (χ1) is 9.97. The molecule has 1 unspecified atom stereocenters. The first-order valence-electron chi connectivity index (χ1n) is 6.91. The van der Waals surface area contributed by atoms with Crippen molar-refractivity contribution in [1.82, 2.24) is 4.90 Å². The number of aromatic carboxylic acids is 1. The molecule has 2 rings (SSSR count). The number of piperidine rings is 1. The van der Waals surface area contributed by atoms with E-state index in [2.05, 4.69) is 6.92 Å². The maximum Gasteiger partial charge on any atom is 0.339 e. The Balaban J connectivity index is 1.99. The Kier molecular flexibility index (Phi) is 5.07. The molecule has 1 saturated heterocycles. The number of carbonyl (C=O) groups excluding carboxylic acids is 1. The van der Waals surface area contributed by atoms with Crippen molar-refractivity contribution in [3.63, 3.8) is 0 Å². The maximum absolute atomic E-state index is 12.1. The Morgan fingerprint density at radius 1 is 1.48 bits per heavy atom. The van der Waals surface area contributed by atoms with Crippen molar-refractivity contribution in [2.24, 2.45) is 5.92 Å². The highest BCUT2D eigenvalue weighted by molar-refractivity contribution is 6.31. The summed E-state index contributed by atoms with van der Waals surface area (Å²) >= 11 is 5.77. The van der Waals surface area contributed by atoms with Gasteiger partial charge in [-0.2, -0.15) is 0 Å². The van der Waals surface area contributed by atoms with Crippen LogP contribution in [0.3, 0.4) is 0 Å². The predicted octanol–water partition coefficient (Wildman–Crippen LogP) is 2.68. The van der Waals surface area contributed by atoms with Crippen LogP contribution in [-0.4, -0.2) is 41.6 Å². The summed E-state index contributed by atoms with van der Waals surface area (Å²) in [6.45, 7) is 3.42. The van der Waals surface area contributed by atoms with Gasteiger partial charge in [0.25, 0.3) is 5.91 Å². The topological polar surface area (TPSA) is 66.8 Å². The van der Waals surface area contributed by atoms with Crippen LogP contribution in [0.15, 0.2) is 18.2 Å². The highest BCUT2D eigenvalue weighted by Gasteiger charge is 2.22. The summed E-state index contributed by atoms with van der Waals surface area (Å²) in [6.07, 6.45) is 2.12. The number of hydrogen-bond donors (Lipinski definition) is 1. The van der Waals surface area contributed by atoms with Gasteiger partial charge in [0.05, 0.1) is 0 Å². The molecule has 6 heteroatoms. The molecular formula is C15H18ClNO4. The zero-order valence-corrected chi connectivity index (χ0v) is 12.6. The first-order valence-corrected chi connectivity index (χ1v) is 7.28. The minimum atomic E-state index is -1.13. The van der Waals surface area contributed by atoms with Gasteiger partial charge in [-0.1, -0.05) is 18.5 Å². The minimum Gasteiger partial charge on any atom is -0.483 e. The van der Waals surface area contributed by atoms with Crippen molar-refractivity contribution in [1.29, 1.82) is 0 Å². The lowest BCUT2D eigenvalue weighted by Gasteiger charge is -2.30. The van der Waals surface area contributed by atoms with Gasteiger partial charge >= 0.3 is 5.97 Å². The molecular weight excluding hydrogens is 294 g/mol. The summed E-state index contributed by atoms with van der Waals surface area (Å²) in [5, 5.41) is 9.42. The number of likely N-dealkylation sites (tertiary alicyclic amines) is 1. The van der Waals surface area contributed by atoms with E-state index < -0.39 is 5.97 Å². The van der Waals surface area contributed by atoms with Crippen LogP contribution in [0.1, 0.15) is 30.1 Å². The fourth-order valence-electron chi connectivity index (χ4n) is 2.44. The summed E-state index contributed by atoms with van der Waals surface area (Å²) in [5.41, 5.74) is -0.0395. The molecule has 0 aromatic heterocycles. The van der Waals surface area contributed by atoms with Crippen molar-refractivity contribution in [3.05, 3.63) is 28.8 Å². The Morgan fingerprint density at radius 3 is 2.90 bits per heavy atom. The third-order valence-electron chi connectivity index (χ3n) is 3.53. The fraction of sp³-hybridized carbons (Fsp3) is 0.467. The van der Waals surface area contributed by atoms with Crippen LogP contribution in [0.2, 0.25) is 5.02 Å². The summed E-state index contributed by atoms with van der Waals surface area (Å²) in [4.78, 5) is 25.0. The highest BCUT2D eigenvalue weighted by atomic mass is 35.5. The Labute approximate surface area is 128 Å². The summed E-state index contributed by atoms with van der Waals surface area (Å²) < 4.78 is 5.37. The largest absolute Gasteiger partial charge is 0.483 e. The van der Waals surface area contributed by atoms with Crippen molar-refractivity contribution in [2.75, 3.05) is 19.7 Å². The normalized spacial score (nSPS) is 18.4. The number of carboxylic acid groups (broad SMARTS) is 1. The number of rotatable bonds is 4. The smallest absolute Gasteiger partial charge is 0.339 e. The second-order valence-electron chi connectivity index (χ2n) is 5.32. The molecule has 0 saturated carbocycles. The van der Waals surface area contributed by atoms with Gasteiger partial charge in [0.1, 0.15) is 11.3 Å². The zero-order chi connectivity index (χ0) is 15.4. The summed E-state index contributed by atoms with van der Waals surface area (Å²) in [5.74, 6) is -0.600. The third-order valence-corrected chi connectivity index (χ3v) is 3.77. The Morgan fingerprint density at radius 2 is 2.24 bits per heavy atom. The number of carboxylic acids is 1. The Bertz CT molecular complexity index is 546. The van der Waals surface area contributed by atoms with E-state index in [4.69, 9.17) is 21.4 Å². The molecule has 1 heterocycles. The minimum absolute atomic E-state index is 0.0395. The molecule has 5 nitrogen and oxygen atoms in total. The molecule has 1 amide bonds. The Hall–Kier alpha value is -1.75. The molecule has 1 aromatic carbocycles. The molecule has 1 aliphatic heterocycles. The predicted molar refractivity (Wildman–Crippen MR) is 78.9 cm³/mol. The van der Waals surface area contributed by atoms with Gasteiger partial charge in [-0.3, -0.25) is 4.79 Å². The van der Waals surface area contributed by atoms with Gasteiger partial charge in [0.2, 0.25) is 0 Å². The second-order valence-corrected chi connectivity index (χ2v) is 5.76. The van der Waals surface area contributed by atoms with Gasteiger partial charge in [-0.25, -0.2) is 4.79 Å². The molecule has 0 spiro atoms. The number of carbonyl (C=O) groups is 2. The average molecular weight is 312 g/mol. The molecule has 1 fully saturated rings. The van der Waals surface area contributed by atoms with Crippen LogP contribution in [0.4, 0.5) is 0 Å². The molecule has 1 aromatic rings. The fourth-order valence-corrected chi connectivity index (χ4v) is 2.61. The van der Waals surface area contributed by atoms with Crippen LogP contribution < -0.4 is 4.74 Å². The SMILES string of the molecule is CC1CCCN(C(=O)COc2ccc(Cl)cc2C(=O)O)C1. The lowest BCUT2D eigenvalue weighted by Crippen LogP contribution is -2.41. The van der Waals surface area contributed by atoms with Crippen LogP contribution in [0.25, 0.3) is 0 Å². The number of ether oxygens (including phenoxy) is 1. The number of benzene rings is 1. The van der Waals surface area contributed by atoms with Crippen molar-refractivity contribution >= 4 is 23.5 Å². The van der Waals surface area contributed by atoms with Gasteiger partial charge in [0, 0.05) is 18.1 Å². The molecule has 0 bridgehead atoms. The van der Waals surface area contributed by atoms with E-state index in [1.807, 2.05) is 0 Å². The van der Waals surface area contributed by atoms with Crippen molar-refractivity contribution in [2.45, 2.75) is 19.8 Å². The second kappa shape index (κ2) is 6.80. The quantitative estimate of drug-likeness (QED) is 0.928. The van der Waals surface area contributed by atoms with Crippen LogP contribution in [0.5, 0.6) is 5.75 Å². The van der Waals surface area contributed by atoms with E-state index in [9.17, 15) is 9.59 Å². The number of nitrogens with zero attached hydrogens (tertiary/aromatic N) is 1. The van der Waals surface area contributed by atoms with E-state index in [1.165, 1.54) is 18.2 Å². The van der Waals surface area contributed by atoms with Crippen molar-refractivity contribution < 1.29 is 19.4 Å². The van der Waals surface area contributed by atoms with E-state index >= 15 is 0 Å². The molecule has 21 heavy (non-hydrogen) atoms. The molecule has 114 valence electrons. The maximum atomic E-state index is 12.1. The van der Waals surface area contributed by atoms with E-state index in [0.29, 0.717) is 10.9 Å². The van der Waals surface area contributed by atoms with Crippen LogP contribution in [-0.2, 0) is 4.79 Å². The standard InChI is InChI=1S/C15H18ClNO4/c1-10-3-2-6-17(8-10)14(18)9-21-13-5-4-11(16)7-12(13)15(19)20/h4-5,7,10H,2-3,6,8-9H2,1H3,(H,19,20). The van der Waals surface area contributed by atoms with Gasteiger partial charge in [-0.15, -0.1) is 0 Å². The molecule has 0 radical (unpaired) electrons. The monoisotopic (exact) mass is 311 g/mol. The van der Waals surface area contributed by atoms with E-state index in [1.54, 1.807) is 4.90 Å². The molecule has 0 aliphatic carbocycles. The van der Waals surface area contributed by atoms with Crippen LogP contribution in [0, 0.1) is 5.92 Å². The number of halogens is 1. The van der Waals surface area contributed by atoms with Gasteiger partial charge < -0.3 is 14.7 Å². The average Bonchev–Trinajstić information content (AvgIpc) is 2.45. The summed E-state index contributed by atoms with van der Waals surface area (Å²) in [6, 6.07) is 4.32. The molecule has 1 N–H and O–H groups in total. The lowest BCUT2D eigenvalue weighted by atomic mass is 10.0.